The van der Waals surface area contributed by atoms with E-state index in [-0.39, 0.29) is 0 Å². The van der Waals surface area contributed by atoms with Crippen molar-refractivity contribution in [3.05, 3.63) is 12.4 Å². The lowest BCUT2D eigenvalue weighted by Crippen LogP contribution is -2.19. The number of hydrogen-bond acceptors (Lipinski definition) is 5. The Morgan fingerprint density at radius 3 is 3.00 bits per heavy atom. The van der Waals surface area contributed by atoms with Crippen LogP contribution in [0.4, 0.5) is 5.82 Å². The van der Waals surface area contributed by atoms with Crippen molar-refractivity contribution in [3.63, 3.8) is 0 Å². The Balaban J connectivity index is 1.83. The Bertz CT molecular complexity index is 342. The Morgan fingerprint density at radius 2 is 2.24 bits per heavy atom. The molecule has 1 fully saturated rings. The molecule has 0 atom stereocenters. The van der Waals surface area contributed by atoms with Gasteiger partial charge in [0.25, 0.3) is 0 Å². The molecule has 4 nitrogen and oxygen atoms in total. The second-order valence-electron chi connectivity index (χ2n) is 4.11. The molecule has 1 aliphatic heterocycles. The molecule has 0 saturated carbocycles. The van der Waals surface area contributed by atoms with Crippen LogP contribution in [0.25, 0.3) is 0 Å². The lowest BCUT2D eigenvalue weighted by atomic mass is 10.0. The lowest BCUT2D eigenvalue weighted by molar-refractivity contribution is 0.326. The number of aromatic nitrogens is 2. The van der Waals surface area contributed by atoms with Crippen LogP contribution in [0, 0.1) is 5.92 Å². The molecule has 1 saturated heterocycles. The van der Waals surface area contributed by atoms with Crippen LogP contribution < -0.4 is 10.1 Å². The number of ether oxygens (including phenoxy) is 1. The highest BCUT2D eigenvalue weighted by Crippen LogP contribution is 2.23. The summed E-state index contributed by atoms with van der Waals surface area (Å²) in [6.07, 6.45) is 4.16. The molecule has 17 heavy (non-hydrogen) atoms. The average molecular weight is 253 g/mol. The van der Waals surface area contributed by atoms with E-state index in [0.717, 1.165) is 18.3 Å². The van der Waals surface area contributed by atoms with Gasteiger partial charge in [0.15, 0.2) is 0 Å². The smallest absolute Gasteiger partial charge is 0.218 e. The molecule has 2 heterocycles. The monoisotopic (exact) mass is 253 g/mol. The van der Waals surface area contributed by atoms with Crippen molar-refractivity contribution >= 4 is 17.6 Å². The zero-order valence-electron chi connectivity index (χ0n) is 10.2. The maximum absolute atomic E-state index is 5.34. The molecule has 2 rings (SSSR count). The third-order valence-electron chi connectivity index (χ3n) is 2.85. The van der Waals surface area contributed by atoms with Crippen LogP contribution in [0.2, 0.25) is 0 Å². The fourth-order valence-electron chi connectivity index (χ4n) is 1.86. The van der Waals surface area contributed by atoms with Crippen LogP contribution in [-0.4, -0.2) is 34.6 Å². The standard InChI is InChI=1S/C12H19N3OS/c1-2-16-12-7-11(14-9-15-12)13-8-10-3-5-17-6-4-10/h7,9-10H,2-6,8H2,1H3,(H,13,14,15). The Morgan fingerprint density at radius 1 is 1.41 bits per heavy atom. The van der Waals surface area contributed by atoms with Gasteiger partial charge in [-0.1, -0.05) is 0 Å². The van der Waals surface area contributed by atoms with Crippen molar-refractivity contribution in [3.8, 4) is 5.88 Å². The maximum atomic E-state index is 5.34. The van der Waals surface area contributed by atoms with Crippen LogP contribution in [-0.2, 0) is 0 Å². The molecular formula is C12H19N3OS. The van der Waals surface area contributed by atoms with Crippen molar-refractivity contribution in [2.45, 2.75) is 19.8 Å². The average Bonchev–Trinajstić information content (AvgIpc) is 2.39. The molecule has 94 valence electrons. The topological polar surface area (TPSA) is 47.0 Å². The van der Waals surface area contributed by atoms with Crippen LogP contribution in [0.5, 0.6) is 5.88 Å². The SMILES string of the molecule is CCOc1cc(NCC2CCSCC2)ncn1. The summed E-state index contributed by atoms with van der Waals surface area (Å²) >= 11 is 2.06. The maximum Gasteiger partial charge on any atom is 0.218 e. The molecular weight excluding hydrogens is 234 g/mol. The summed E-state index contributed by atoms with van der Waals surface area (Å²) in [5.41, 5.74) is 0. The van der Waals surface area contributed by atoms with Gasteiger partial charge in [-0.15, -0.1) is 0 Å². The molecule has 0 aliphatic carbocycles. The van der Waals surface area contributed by atoms with Crippen molar-refractivity contribution < 1.29 is 4.74 Å². The predicted molar refractivity (Wildman–Crippen MR) is 71.7 cm³/mol. The van der Waals surface area contributed by atoms with Crippen molar-refractivity contribution in [1.29, 1.82) is 0 Å². The van der Waals surface area contributed by atoms with E-state index in [1.807, 2.05) is 13.0 Å². The van der Waals surface area contributed by atoms with Crippen molar-refractivity contribution in [2.24, 2.45) is 5.92 Å². The largest absolute Gasteiger partial charge is 0.478 e. The molecule has 0 amide bonds. The summed E-state index contributed by atoms with van der Waals surface area (Å²) in [5, 5.41) is 3.37. The van der Waals surface area contributed by atoms with Crippen LogP contribution in [0.15, 0.2) is 12.4 Å². The van der Waals surface area contributed by atoms with Gasteiger partial charge in [0.2, 0.25) is 5.88 Å². The molecule has 0 unspecified atom stereocenters. The molecule has 0 bridgehead atoms. The van der Waals surface area contributed by atoms with Gasteiger partial charge < -0.3 is 10.1 Å². The molecule has 0 radical (unpaired) electrons. The van der Waals surface area contributed by atoms with Gasteiger partial charge in [-0.3, -0.25) is 0 Å². The molecule has 1 aromatic heterocycles. The summed E-state index contributed by atoms with van der Waals surface area (Å²) < 4.78 is 5.34. The van der Waals surface area contributed by atoms with E-state index in [9.17, 15) is 0 Å². The molecule has 1 aromatic rings. The highest BCUT2D eigenvalue weighted by atomic mass is 32.2. The summed E-state index contributed by atoms with van der Waals surface area (Å²) in [7, 11) is 0. The van der Waals surface area contributed by atoms with Gasteiger partial charge >= 0.3 is 0 Å². The zero-order chi connectivity index (χ0) is 11.9. The summed E-state index contributed by atoms with van der Waals surface area (Å²) in [6, 6.07) is 1.86. The van der Waals surface area contributed by atoms with Crippen molar-refractivity contribution in [2.75, 3.05) is 30.0 Å². The first-order valence-corrected chi connectivity index (χ1v) is 7.30. The van der Waals surface area contributed by atoms with Gasteiger partial charge in [0.1, 0.15) is 12.1 Å². The number of anilines is 1. The predicted octanol–water partition coefficient (Wildman–Crippen LogP) is 2.43. The van der Waals surface area contributed by atoms with Crippen LogP contribution in [0.1, 0.15) is 19.8 Å². The fourth-order valence-corrected chi connectivity index (χ4v) is 3.07. The Labute approximate surface area is 107 Å². The second-order valence-corrected chi connectivity index (χ2v) is 5.34. The number of nitrogens with zero attached hydrogens (tertiary/aromatic N) is 2. The van der Waals surface area contributed by atoms with Crippen molar-refractivity contribution in [1.82, 2.24) is 9.97 Å². The van der Waals surface area contributed by atoms with E-state index in [0.29, 0.717) is 12.5 Å². The van der Waals surface area contributed by atoms with E-state index >= 15 is 0 Å². The number of hydrogen-bond donors (Lipinski definition) is 1. The zero-order valence-corrected chi connectivity index (χ0v) is 11.0. The van der Waals surface area contributed by atoms with E-state index in [4.69, 9.17) is 4.74 Å². The number of nitrogens with one attached hydrogen (secondary N) is 1. The first-order chi connectivity index (χ1) is 8.38. The van der Waals surface area contributed by atoms with Crippen LogP contribution >= 0.6 is 11.8 Å². The van der Waals surface area contributed by atoms with E-state index in [2.05, 4.69) is 27.0 Å². The highest BCUT2D eigenvalue weighted by Gasteiger charge is 2.13. The molecule has 1 aliphatic rings. The lowest BCUT2D eigenvalue weighted by Gasteiger charge is -2.21. The van der Waals surface area contributed by atoms with E-state index in [1.54, 1.807) is 6.33 Å². The van der Waals surface area contributed by atoms with Gasteiger partial charge in [-0.25, -0.2) is 9.97 Å². The molecule has 0 aromatic carbocycles. The highest BCUT2D eigenvalue weighted by molar-refractivity contribution is 7.99. The fraction of sp³-hybridized carbons (Fsp3) is 0.667. The summed E-state index contributed by atoms with van der Waals surface area (Å²) in [4.78, 5) is 8.25. The second kappa shape index (κ2) is 6.69. The summed E-state index contributed by atoms with van der Waals surface area (Å²) in [5.74, 6) is 4.87. The number of thioether (sulfide) groups is 1. The quantitative estimate of drug-likeness (QED) is 0.873. The first kappa shape index (κ1) is 12.5. The summed E-state index contributed by atoms with van der Waals surface area (Å²) in [6.45, 7) is 3.59. The van der Waals surface area contributed by atoms with E-state index < -0.39 is 0 Å². The van der Waals surface area contributed by atoms with Gasteiger partial charge in [-0.2, -0.15) is 11.8 Å². The third-order valence-corrected chi connectivity index (χ3v) is 3.90. The third kappa shape index (κ3) is 4.07. The van der Waals surface area contributed by atoms with Gasteiger partial charge in [-0.05, 0) is 37.2 Å². The normalized spacial score (nSPS) is 16.8. The number of rotatable bonds is 5. The Kier molecular flexibility index (Phi) is 4.91. The minimum Gasteiger partial charge on any atom is -0.478 e. The molecule has 0 spiro atoms. The van der Waals surface area contributed by atoms with Gasteiger partial charge in [0, 0.05) is 12.6 Å². The minimum atomic E-state index is 0.635. The Hall–Kier alpha value is -0.970. The van der Waals surface area contributed by atoms with E-state index in [1.165, 1.54) is 24.3 Å². The van der Waals surface area contributed by atoms with Crippen LogP contribution in [0.3, 0.4) is 0 Å². The van der Waals surface area contributed by atoms with Gasteiger partial charge in [0.05, 0.1) is 6.61 Å². The first-order valence-electron chi connectivity index (χ1n) is 6.15. The molecule has 1 N–H and O–H groups in total. The molecule has 5 heteroatoms. The minimum absolute atomic E-state index is 0.635.